The molecule has 1 amide bonds. The van der Waals surface area contributed by atoms with Crippen LogP contribution in [0.15, 0.2) is 30.5 Å². The molecule has 1 aromatic carbocycles. The first-order valence-electron chi connectivity index (χ1n) is 6.40. The van der Waals surface area contributed by atoms with Crippen molar-refractivity contribution in [3.05, 3.63) is 41.2 Å². The molecule has 0 radical (unpaired) electrons. The van der Waals surface area contributed by atoms with Gasteiger partial charge < -0.3 is 10.4 Å². The maximum absolute atomic E-state index is 12.0. The Balaban J connectivity index is 1.85. The molecule has 1 aliphatic rings. The predicted octanol–water partition coefficient (Wildman–Crippen LogP) is 2.37. The van der Waals surface area contributed by atoms with E-state index in [4.69, 9.17) is 11.6 Å². The summed E-state index contributed by atoms with van der Waals surface area (Å²) in [6.07, 6.45) is 2.37. The summed E-state index contributed by atoms with van der Waals surface area (Å²) in [7, 11) is 0. The molecule has 1 aromatic heterocycles. The number of nitrogens with one attached hydrogen (secondary N) is 1. The molecule has 0 bridgehead atoms. The van der Waals surface area contributed by atoms with E-state index in [0.29, 0.717) is 16.6 Å². The van der Waals surface area contributed by atoms with E-state index in [-0.39, 0.29) is 23.4 Å². The molecule has 0 spiro atoms. The summed E-state index contributed by atoms with van der Waals surface area (Å²) in [5.41, 5.74) is 0.718. The number of hydrogen-bond acceptors (Lipinski definition) is 3. The Hall–Kier alpha value is -2.01. The van der Waals surface area contributed by atoms with E-state index < -0.39 is 0 Å². The van der Waals surface area contributed by atoms with Gasteiger partial charge in [0.05, 0.1) is 11.9 Å². The van der Waals surface area contributed by atoms with Gasteiger partial charge in [-0.25, -0.2) is 4.68 Å². The standard InChI is InChI=1S/C14H14ClN3O2/c1-8-5-11(8)16-14(20)13-12(19)7-18(17-13)10-4-2-3-9(15)6-10/h2-4,6-8,11,19H,5H2,1H3,(H,16,20)/t8-,11-/m1/s1. The summed E-state index contributed by atoms with van der Waals surface area (Å²) in [4.78, 5) is 12.0. The van der Waals surface area contributed by atoms with Gasteiger partial charge in [0.1, 0.15) is 0 Å². The molecule has 5 nitrogen and oxygen atoms in total. The van der Waals surface area contributed by atoms with Crippen molar-refractivity contribution in [2.75, 3.05) is 0 Å². The number of aromatic hydroxyl groups is 1. The van der Waals surface area contributed by atoms with E-state index in [1.54, 1.807) is 24.3 Å². The highest BCUT2D eigenvalue weighted by Crippen LogP contribution is 2.30. The van der Waals surface area contributed by atoms with E-state index in [2.05, 4.69) is 17.3 Å². The molecule has 6 heteroatoms. The second-order valence-electron chi connectivity index (χ2n) is 5.08. The van der Waals surface area contributed by atoms with Gasteiger partial charge in [-0.2, -0.15) is 5.10 Å². The number of carbonyl (C=O) groups is 1. The number of hydrogen-bond donors (Lipinski definition) is 2. The molecule has 1 saturated carbocycles. The topological polar surface area (TPSA) is 67.2 Å². The molecule has 20 heavy (non-hydrogen) atoms. The van der Waals surface area contributed by atoms with Gasteiger partial charge in [0.15, 0.2) is 11.4 Å². The SMILES string of the molecule is C[C@@H]1C[C@H]1NC(=O)c1nn(-c2cccc(Cl)c2)cc1O. The smallest absolute Gasteiger partial charge is 0.275 e. The molecule has 2 atom stereocenters. The summed E-state index contributed by atoms with van der Waals surface area (Å²) in [5, 5.41) is 17.4. The molecule has 2 N–H and O–H groups in total. The average Bonchev–Trinajstić information content (AvgIpc) is 2.94. The zero-order valence-corrected chi connectivity index (χ0v) is 11.6. The lowest BCUT2D eigenvalue weighted by Crippen LogP contribution is -2.27. The summed E-state index contributed by atoms with van der Waals surface area (Å²) in [5.74, 6) is 0.00418. The molecule has 0 unspecified atom stereocenters. The third-order valence-electron chi connectivity index (χ3n) is 3.41. The molecule has 1 heterocycles. The summed E-state index contributed by atoms with van der Waals surface area (Å²) in [6.45, 7) is 2.06. The van der Waals surface area contributed by atoms with Crippen LogP contribution in [0.5, 0.6) is 5.75 Å². The molecule has 1 aliphatic carbocycles. The van der Waals surface area contributed by atoms with Crippen LogP contribution in [0.25, 0.3) is 5.69 Å². The Morgan fingerprint density at radius 2 is 2.30 bits per heavy atom. The van der Waals surface area contributed by atoms with Crippen molar-refractivity contribution in [2.45, 2.75) is 19.4 Å². The van der Waals surface area contributed by atoms with Crippen molar-refractivity contribution in [3.63, 3.8) is 0 Å². The van der Waals surface area contributed by atoms with Gasteiger partial charge in [-0.05, 0) is 30.5 Å². The van der Waals surface area contributed by atoms with Crippen LogP contribution in [0.1, 0.15) is 23.8 Å². The number of carbonyl (C=O) groups excluding carboxylic acids is 1. The van der Waals surface area contributed by atoms with Crippen molar-refractivity contribution in [1.29, 1.82) is 0 Å². The minimum atomic E-state index is -0.349. The van der Waals surface area contributed by atoms with Gasteiger partial charge in [-0.15, -0.1) is 0 Å². The van der Waals surface area contributed by atoms with Gasteiger partial charge in [-0.3, -0.25) is 4.79 Å². The quantitative estimate of drug-likeness (QED) is 0.912. The van der Waals surface area contributed by atoms with Crippen LogP contribution in [0.2, 0.25) is 5.02 Å². The Bertz CT molecular complexity index is 668. The molecule has 0 saturated heterocycles. The van der Waals surface area contributed by atoms with Crippen molar-refractivity contribution < 1.29 is 9.90 Å². The monoisotopic (exact) mass is 291 g/mol. The number of rotatable bonds is 3. The number of aromatic nitrogens is 2. The summed E-state index contributed by atoms with van der Waals surface area (Å²) < 4.78 is 1.44. The minimum Gasteiger partial charge on any atom is -0.504 e. The fourth-order valence-electron chi connectivity index (χ4n) is 2.04. The lowest BCUT2D eigenvalue weighted by Gasteiger charge is -2.02. The normalized spacial score (nSPS) is 20.7. The number of nitrogens with zero attached hydrogens (tertiary/aromatic N) is 2. The lowest BCUT2D eigenvalue weighted by molar-refractivity contribution is 0.0941. The molecular weight excluding hydrogens is 278 g/mol. The molecule has 104 valence electrons. The van der Waals surface area contributed by atoms with Gasteiger partial charge in [0.25, 0.3) is 5.91 Å². The first-order valence-corrected chi connectivity index (χ1v) is 6.78. The Morgan fingerprint density at radius 1 is 1.55 bits per heavy atom. The maximum Gasteiger partial charge on any atom is 0.275 e. The second kappa shape index (κ2) is 4.83. The zero-order valence-electron chi connectivity index (χ0n) is 10.9. The Labute approximate surface area is 121 Å². The molecule has 3 rings (SSSR count). The van der Waals surface area contributed by atoms with Gasteiger partial charge in [0, 0.05) is 11.1 Å². The van der Waals surface area contributed by atoms with Gasteiger partial charge in [0.2, 0.25) is 0 Å². The lowest BCUT2D eigenvalue weighted by atomic mass is 10.3. The fraction of sp³-hybridized carbons (Fsp3) is 0.286. The summed E-state index contributed by atoms with van der Waals surface area (Å²) in [6, 6.07) is 7.22. The molecule has 1 fully saturated rings. The third kappa shape index (κ3) is 2.49. The first-order chi connectivity index (χ1) is 9.54. The molecule has 0 aliphatic heterocycles. The fourth-order valence-corrected chi connectivity index (χ4v) is 2.22. The molecule has 2 aromatic rings. The van der Waals surface area contributed by atoms with Crippen LogP contribution in [-0.4, -0.2) is 26.8 Å². The van der Waals surface area contributed by atoms with Crippen LogP contribution in [0.4, 0.5) is 0 Å². The van der Waals surface area contributed by atoms with Crippen molar-refractivity contribution >= 4 is 17.5 Å². The second-order valence-corrected chi connectivity index (χ2v) is 5.52. The van der Waals surface area contributed by atoms with Crippen molar-refractivity contribution in [3.8, 4) is 11.4 Å². The van der Waals surface area contributed by atoms with Crippen molar-refractivity contribution in [2.24, 2.45) is 5.92 Å². The highest BCUT2D eigenvalue weighted by Gasteiger charge is 2.35. The van der Waals surface area contributed by atoms with Crippen LogP contribution < -0.4 is 5.32 Å². The number of benzene rings is 1. The van der Waals surface area contributed by atoms with E-state index in [1.165, 1.54) is 10.9 Å². The van der Waals surface area contributed by atoms with E-state index in [9.17, 15) is 9.90 Å². The van der Waals surface area contributed by atoms with Gasteiger partial charge >= 0.3 is 0 Å². The van der Waals surface area contributed by atoms with E-state index in [0.717, 1.165) is 6.42 Å². The number of halogens is 1. The maximum atomic E-state index is 12.0. The largest absolute Gasteiger partial charge is 0.504 e. The van der Waals surface area contributed by atoms with Crippen LogP contribution in [-0.2, 0) is 0 Å². The predicted molar refractivity (Wildman–Crippen MR) is 75.3 cm³/mol. The molecular formula is C14H14ClN3O2. The van der Waals surface area contributed by atoms with E-state index >= 15 is 0 Å². The van der Waals surface area contributed by atoms with Gasteiger partial charge in [-0.1, -0.05) is 24.6 Å². The Kier molecular flexibility index (Phi) is 3.14. The number of amides is 1. The van der Waals surface area contributed by atoms with Crippen molar-refractivity contribution in [1.82, 2.24) is 15.1 Å². The highest BCUT2D eigenvalue weighted by atomic mass is 35.5. The zero-order chi connectivity index (χ0) is 14.3. The summed E-state index contributed by atoms with van der Waals surface area (Å²) >= 11 is 5.91. The average molecular weight is 292 g/mol. The Morgan fingerprint density at radius 3 is 2.95 bits per heavy atom. The van der Waals surface area contributed by atoms with Crippen LogP contribution in [0.3, 0.4) is 0 Å². The van der Waals surface area contributed by atoms with Crippen LogP contribution >= 0.6 is 11.6 Å². The van der Waals surface area contributed by atoms with Crippen LogP contribution in [0, 0.1) is 5.92 Å². The highest BCUT2D eigenvalue weighted by molar-refractivity contribution is 6.30. The minimum absolute atomic E-state index is 0.0316. The van der Waals surface area contributed by atoms with E-state index in [1.807, 2.05) is 0 Å². The first kappa shape index (κ1) is 13.0. The third-order valence-corrected chi connectivity index (χ3v) is 3.64.